The van der Waals surface area contributed by atoms with Crippen LogP contribution >= 0.6 is 38.9 Å². The van der Waals surface area contributed by atoms with Gasteiger partial charge in [-0.25, -0.2) is 9.97 Å². The Morgan fingerprint density at radius 2 is 2.24 bits per heavy atom. The van der Waals surface area contributed by atoms with Gasteiger partial charge in [0.2, 0.25) is 5.28 Å². The third-order valence-corrected chi connectivity index (χ3v) is 3.98. The summed E-state index contributed by atoms with van der Waals surface area (Å²) in [5.74, 6) is 0.672. The van der Waals surface area contributed by atoms with Crippen LogP contribution in [0, 0.1) is 6.92 Å². The van der Waals surface area contributed by atoms with Crippen molar-refractivity contribution >= 4 is 44.7 Å². The fourth-order valence-corrected chi connectivity index (χ4v) is 2.53. The minimum absolute atomic E-state index is 0.0796. The molecule has 0 aromatic carbocycles. The Morgan fingerprint density at radius 3 is 2.88 bits per heavy atom. The molecular formula is C10H10BrClN4S. The van der Waals surface area contributed by atoms with Gasteiger partial charge in [-0.3, -0.25) is 0 Å². The SMILES string of the molecule is Cc1csc(C(C)Nc2nc(Cl)ncc2Br)n1. The Bertz CT molecular complexity index is 531. The maximum absolute atomic E-state index is 5.75. The molecule has 0 spiro atoms. The van der Waals surface area contributed by atoms with E-state index in [-0.39, 0.29) is 11.3 Å². The summed E-state index contributed by atoms with van der Waals surface area (Å²) in [4.78, 5) is 12.4. The summed E-state index contributed by atoms with van der Waals surface area (Å²) >= 11 is 10.7. The van der Waals surface area contributed by atoms with Crippen LogP contribution in [0.25, 0.3) is 0 Å². The summed E-state index contributed by atoms with van der Waals surface area (Å²) in [5.41, 5.74) is 1.03. The van der Waals surface area contributed by atoms with Gasteiger partial charge in [-0.15, -0.1) is 11.3 Å². The number of anilines is 1. The Balaban J connectivity index is 2.18. The van der Waals surface area contributed by atoms with Crippen molar-refractivity contribution in [1.82, 2.24) is 15.0 Å². The van der Waals surface area contributed by atoms with Gasteiger partial charge in [0.25, 0.3) is 0 Å². The fourth-order valence-electron chi connectivity index (χ4n) is 1.28. The first-order chi connectivity index (χ1) is 8.06. The first-order valence-corrected chi connectivity index (χ1v) is 6.98. The summed E-state index contributed by atoms with van der Waals surface area (Å²) in [6, 6.07) is 0.0796. The third-order valence-electron chi connectivity index (χ3n) is 2.08. The van der Waals surface area contributed by atoms with Crippen molar-refractivity contribution in [1.29, 1.82) is 0 Å². The molecule has 1 atom stereocenters. The van der Waals surface area contributed by atoms with E-state index in [9.17, 15) is 0 Å². The number of nitrogens with one attached hydrogen (secondary N) is 1. The number of hydrogen-bond acceptors (Lipinski definition) is 5. The highest BCUT2D eigenvalue weighted by Gasteiger charge is 2.12. The largest absolute Gasteiger partial charge is 0.360 e. The average Bonchev–Trinajstić information content (AvgIpc) is 2.70. The Kier molecular flexibility index (Phi) is 3.96. The molecule has 0 radical (unpaired) electrons. The first kappa shape index (κ1) is 12.7. The molecule has 0 aliphatic heterocycles. The van der Waals surface area contributed by atoms with Crippen molar-refractivity contribution in [2.45, 2.75) is 19.9 Å². The van der Waals surface area contributed by atoms with E-state index in [0.29, 0.717) is 5.82 Å². The van der Waals surface area contributed by atoms with E-state index in [1.807, 2.05) is 19.2 Å². The van der Waals surface area contributed by atoms with Crippen LogP contribution in [0.2, 0.25) is 5.28 Å². The number of rotatable bonds is 3. The lowest BCUT2D eigenvalue weighted by Crippen LogP contribution is -2.08. The molecule has 2 aromatic rings. The van der Waals surface area contributed by atoms with Gasteiger partial charge >= 0.3 is 0 Å². The number of aromatic nitrogens is 3. The Morgan fingerprint density at radius 1 is 1.47 bits per heavy atom. The van der Waals surface area contributed by atoms with Crippen molar-refractivity contribution in [3.8, 4) is 0 Å². The van der Waals surface area contributed by atoms with Crippen LogP contribution in [0.15, 0.2) is 16.0 Å². The van der Waals surface area contributed by atoms with Crippen molar-refractivity contribution < 1.29 is 0 Å². The van der Waals surface area contributed by atoms with Crippen LogP contribution in [0.4, 0.5) is 5.82 Å². The normalized spacial score (nSPS) is 12.5. The molecule has 7 heteroatoms. The first-order valence-electron chi connectivity index (χ1n) is 4.93. The molecular weight excluding hydrogens is 324 g/mol. The van der Waals surface area contributed by atoms with Gasteiger partial charge in [0.15, 0.2) is 0 Å². The molecule has 0 bridgehead atoms. The summed E-state index contributed by atoms with van der Waals surface area (Å²) in [6.45, 7) is 4.00. The lowest BCUT2D eigenvalue weighted by Gasteiger charge is -2.12. The van der Waals surface area contributed by atoms with Gasteiger partial charge in [-0.05, 0) is 41.4 Å². The van der Waals surface area contributed by atoms with Gasteiger partial charge in [-0.1, -0.05) is 0 Å². The van der Waals surface area contributed by atoms with E-state index < -0.39 is 0 Å². The van der Waals surface area contributed by atoms with Crippen molar-refractivity contribution in [3.63, 3.8) is 0 Å². The molecule has 2 rings (SSSR count). The highest BCUT2D eigenvalue weighted by atomic mass is 79.9. The van der Waals surface area contributed by atoms with E-state index in [2.05, 4.69) is 36.2 Å². The summed E-state index contributed by atoms with van der Waals surface area (Å²) in [7, 11) is 0. The van der Waals surface area contributed by atoms with E-state index in [0.717, 1.165) is 15.2 Å². The van der Waals surface area contributed by atoms with Crippen LogP contribution in [0.5, 0.6) is 0 Å². The quantitative estimate of drug-likeness (QED) is 0.867. The highest BCUT2D eigenvalue weighted by molar-refractivity contribution is 9.10. The van der Waals surface area contributed by atoms with E-state index >= 15 is 0 Å². The second-order valence-electron chi connectivity index (χ2n) is 3.53. The second-order valence-corrected chi connectivity index (χ2v) is 5.61. The van der Waals surface area contributed by atoms with Gasteiger partial charge in [0, 0.05) is 17.3 Å². The molecule has 0 aliphatic rings. The topological polar surface area (TPSA) is 50.7 Å². The van der Waals surface area contributed by atoms with Crippen molar-refractivity contribution in [2.24, 2.45) is 0 Å². The maximum atomic E-state index is 5.75. The number of halogens is 2. The van der Waals surface area contributed by atoms with Crippen molar-refractivity contribution in [2.75, 3.05) is 5.32 Å². The number of aryl methyl sites for hydroxylation is 1. The van der Waals surface area contributed by atoms with Crippen molar-refractivity contribution in [3.05, 3.63) is 32.0 Å². The molecule has 1 unspecified atom stereocenters. The smallest absolute Gasteiger partial charge is 0.224 e. The van der Waals surface area contributed by atoms with E-state index in [1.165, 1.54) is 0 Å². The predicted octanol–water partition coefficient (Wildman–Crippen LogP) is 3.83. The molecule has 17 heavy (non-hydrogen) atoms. The standard InChI is InChI=1S/C10H10BrClN4S/c1-5-4-17-9(14-5)6(2)15-8-7(11)3-13-10(12)16-8/h3-4,6H,1-2H3,(H,13,15,16). The maximum Gasteiger partial charge on any atom is 0.224 e. The van der Waals surface area contributed by atoms with E-state index in [1.54, 1.807) is 17.5 Å². The third kappa shape index (κ3) is 3.14. The van der Waals surface area contributed by atoms with Gasteiger partial charge in [0.05, 0.1) is 10.5 Å². The molecule has 2 heterocycles. The second kappa shape index (κ2) is 5.29. The molecule has 4 nitrogen and oxygen atoms in total. The predicted molar refractivity (Wildman–Crippen MR) is 73.6 cm³/mol. The summed E-state index contributed by atoms with van der Waals surface area (Å²) in [5, 5.41) is 6.51. The molecule has 0 aliphatic carbocycles. The zero-order valence-electron chi connectivity index (χ0n) is 9.24. The highest BCUT2D eigenvalue weighted by Crippen LogP contribution is 2.26. The lowest BCUT2D eigenvalue weighted by atomic mass is 10.3. The zero-order valence-corrected chi connectivity index (χ0v) is 12.4. The van der Waals surface area contributed by atoms with Crippen LogP contribution in [0.1, 0.15) is 23.7 Å². The number of thiazole rings is 1. The minimum Gasteiger partial charge on any atom is -0.360 e. The summed E-state index contributed by atoms with van der Waals surface area (Å²) in [6.07, 6.45) is 1.62. The number of nitrogens with zero attached hydrogens (tertiary/aromatic N) is 3. The summed E-state index contributed by atoms with van der Waals surface area (Å²) < 4.78 is 0.780. The molecule has 1 N–H and O–H groups in total. The number of hydrogen-bond donors (Lipinski definition) is 1. The van der Waals surface area contributed by atoms with Crippen LogP contribution in [0.3, 0.4) is 0 Å². The Labute approximate surface area is 117 Å². The van der Waals surface area contributed by atoms with Crippen LogP contribution in [-0.4, -0.2) is 15.0 Å². The molecule has 0 saturated carbocycles. The Hall–Kier alpha value is -0.720. The van der Waals surface area contributed by atoms with Gasteiger partial charge in [-0.2, -0.15) is 4.98 Å². The fraction of sp³-hybridized carbons (Fsp3) is 0.300. The van der Waals surface area contributed by atoms with Crippen LogP contribution in [-0.2, 0) is 0 Å². The molecule has 2 aromatic heterocycles. The monoisotopic (exact) mass is 332 g/mol. The van der Waals surface area contributed by atoms with Crippen LogP contribution < -0.4 is 5.32 Å². The average molecular weight is 334 g/mol. The molecule has 0 amide bonds. The van der Waals surface area contributed by atoms with Gasteiger partial charge < -0.3 is 5.32 Å². The lowest BCUT2D eigenvalue weighted by molar-refractivity contribution is 0.851. The molecule has 0 fully saturated rings. The molecule has 0 saturated heterocycles. The van der Waals surface area contributed by atoms with Gasteiger partial charge in [0.1, 0.15) is 10.8 Å². The minimum atomic E-state index is 0.0796. The molecule has 90 valence electrons. The zero-order chi connectivity index (χ0) is 12.4. The van der Waals surface area contributed by atoms with E-state index in [4.69, 9.17) is 11.6 Å².